The third-order valence-electron chi connectivity index (χ3n) is 1.92. The van der Waals surface area contributed by atoms with Crippen LogP contribution in [0.5, 0.6) is 0 Å². The second kappa shape index (κ2) is 2.09. The first-order chi connectivity index (χ1) is 4.88. The molecule has 0 aromatic carbocycles. The van der Waals surface area contributed by atoms with E-state index in [-0.39, 0.29) is 6.10 Å². The van der Waals surface area contributed by atoms with Gasteiger partial charge in [-0.25, -0.2) is 4.98 Å². The van der Waals surface area contributed by atoms with Gasteiger partial charge in [0.25, 0.3) is 0 Å². The molecule has 1 aliphatic heterocycles. The van der Waals surface area contributed by atoms with Crippen LogP contribution in [0.3, 0.4) is 0 Å². The lowest BCUT2D eigenvalue weighted by Gasteiger charge is -2.18. The highest BCUT2D eigenvalue weighted by Crippen LogP contribution is 2.21. The van der Waals surface area contributed by atoms with Crippen LogP contribution in [0.4, 0.5) is 0 Å². The molecule has 0 bridgehead atoms. The van der Waals surface area contributed by atoms with Crippen LogP contribution in [0.15, 0.2) is 12.4 Å². The molecular formula is C7H10N2O. The van der Waals surface area contributed by atoms with Crippen molar-refractivity contribution in [3.8, 4) is 0 Å². The van der Waals surface area contributed by atoms with Gasteiger partial charge in [0.1, 0.15) is 11.9 Å². The number of fused-ring (bicyclic) bond motifs is 1. The van der Waals surface area contributed by atoms with Gasteiger partial charge in [-0.2, -0.15) is 0 Å². The van der Waals surface area contributed by atoms with Crippen molar-refractivity contribution in [3.05, 3.63) is 18.2 Å². The minimum Gasteiger partial charge on any atom is -0.385 e. The number of nitrogens with zero attached hydrogens (tertiary/aromatic N) is 2. The first-order valence-corrected chi connectivity index (χ1v) is 3.57. The topological polar surface area (TPSA) is 38.0 Å². The van der Waals surface area contributed by atoms with Crippen LogP contribution in [0.2, 0.25) is 0 Å². The Balaban J connectivity index is 2.41. The van der Waals surface area contributed by atoms with Gasteiger partial charge in [0.05, 0.1) is 0 Å². The van der Waals surface area contributed by atoms with E-state index in [1.807, 2.05) is 10.8 Å². The highest BCUT2D eigenvalue weighted by atomic mass is 16.3. The van der Waals surface area contributed by atoms with Crippen molar-refractivity contribution in [3.63, 3.8) is 0 Å². The van der Waals surface area contributed by atoms with Gasteiger partial charge in [0, 0.05) is 18.9 Å². The van der Waals surface area contributed by atoms with Crippen molar-refractivity contribution in [2.75, 3.05) is 0 Å². The first kappa shape index (κ1) is 5.92. The molecule has 1 aliphatic rings. The van der Waals surface area contributed by atoms with Gasteiger partial charge in [-0.3, -0.25) is 0 Å². The Morgan fingerprint density at radius 2 is 2.60 bits per heavy atom. The number of aliphatic hydroxyl groups excluding tert-OH is 1. The van der Waals surface area contributed by atoms with E-state index >= 15 is 0 Å². The molecule has 3 heteroatoms. The van der Waals surface area contributed by atoms with E-state index < -0.39 is 0 Å². The minimum atomic E-state index is -0.330. The molecule has 0 unspecified atom stereocenters. The molecule has 0 fully saturated rings. The quantitative estimate of drug-likeness (QED) is 0.573. The SMILES string of the molecule is O[C@H]1CCCn2ccnc21. The van der Waals surface area contributed by atoms with Crippen LogP contribution in [0, 0.1) is 0 Å². The molecule has 2 heterocycles. The fourth-order valence-corrected chi connectivity index (χ4v) is 1.39. The smallest absolute Gasteiger partial charge is 0.137 e. The maximum atomic E-state index is 9.37. The molecule has 1 aromatic rings. The number of aliphatic hydroxyl groups is 1. The highest BCUT2D eigenvalue weighted by Gasteiger charge is 2.17. The van der Waals surface area contributed by atoms with Crippen LogP contribution >= 0.6 is 0 Å². The Morgan fingerprint density at radius 1 is 1.70 bits per heavy atom. The zero-order valence-corrected chi connectivity index (χ0v) is 5.70. The maximum absolute atomic E-state index is 9.37. The third kappa shape index (κ3) is 0.743. The van der Waals surface area contributed by atoms with Gasteiger partial charge in [-0.1, -0.05) is 0 Å². The summed E-state index contributed by atoms with van der Waals surface area (Å²) in [5, 5.41) is 9.37. The van der Waals surface area contributed by atoms with Crippen LogP contribution in [-0.2, 0) is 6.54 Å². The molecular weight excluding hydrogens is 128 g/mol. The Bertz CT molecular complexity index is 231. The lowest BCUT2D eigenvalue weighted by atomic mass is 10.1. The molecule has 0 saturated heterocycles. The average Bonchev–Trinajstić information content (AvgIpc) is 2.36. The predicted octanol–water partition coefficient (Wildman–Crippen LogP) is 0.710. The summed E-state index contributed by atoms with van der Waals surface area (Å²) in [6.45, 7) is 1.01. The van der Waals surface area contributed by atoms with Crippen molar-refractivity contribution >= 4 is 0 Å². The second-order valence-electron chi connectivity index (χ2n) is 2.64. The van der Waals surface area contributed by atoms with Gasteiger partial charge >= 0.3 is 0 Å². The summed E-state index contributed by atoms with van der Waals surface area (Å²) < 4.78 is 2.01. The van der Waals surface area contributed by atoms with Crippen molar-refractivity contribution in [1.29, 1.82) is 0 Å². The molecule has 1 atom stereocenters. The summed E-state index contributed by atoms with van der Waals surface area (Å²) >= 11 is 0. The monoisotopic (exact) mass is 138 g/mol. The van der Waals surface area contributed by atoms with Gasteiger partial charge in [-0.05, 0) is 12.8 Å². The molecule has 2 rings (SSSR count). The molecule has 10 heavy (non-hydrogen) atoms. The summed E-state index contributed by atoms with van der Waals surface area (Å²) in [4.78, 5) is 4.05. The number of hydrogen-bond donors (Lipinski definition) is 1. The van der Waals surface area contributed by atoms with Crippen molar-refractivity contribution in [2.24, 2.45) is 0 Å². The Labute approximate surface area is 59.3 Å². The molecule has 0 saturated carbocycles. The highest BCUT2D eigenvalue weighted by molar-refractivity contribution is 4.98. The number of hydrogen-bond acceptors (Lipinski definition) is 2. The van der Waals surface area contributed by atoms with Gasteiger partial charge in [0.2, 0.25) is 0 Å². The van der Waals surface area contributed by atoms with E-state index in [4.69, 9.17) is 0 Å². The Morgan fingerprint density at radius 3 is 3.40 bits per heavy atom. The van der Waals surface area contributed by atoms with Crippen molar-refractivity contribution < 1.29 is 5.11 Å². The summed E-state index contributed by atoms with van der Waals surface area (Å²) in [6.07, 6.45) is 5.24. The lowest BCUT2D eigenvalue weighted by molar-refractivity contribution is 0.134. The molecule has 0 radical (unpaired) electrons. The largest absolute Gasteiger partial charge is 0.385 e. The standard InChI is InChI=1S/C7H10N2O/c10-6-2-1-4-9-5-3-8-7(6)9/h3,5-6,10H,1-2,4H2/t6-/m0/s1. The van der Waals surface area contributed by atoms with E-state index in [1.54, 1.807) is 6.20 Å². The van der Waals surface area contributed by atoms with Crippen LogP contribution in [0.25, 0.3) is 0 Å². The van der Waals surface area contributed by atoms with Gasteiger partial charge < -0.3 is 9.67 Å². The van der Waals surface area contributed by atoms with E-state index in [0.717, 1.165) is 25.2 Å². The van der Waals surface area contributed by atoms with E-state index in [1.165, 1.54) is 0 Å². The summed E-state index contributed by atoms with van der Waals surface area (Å²) in [6, 6.07) is 0. The molecule has 1 aromatic heterocycles. The van der Waals surface area contributed by atoms with Gasteiger partial charge in [0.15, 0.2) is 0 Å². The molecule has 0 amide bonds. The third-order valence-corrected chi connectivity index (χ3v) is 1.92. The fourth-order valence-electron chi connectivity index (χ4n) is 1.39. The van der Waals surface area contributed by atoms with Crippen LogP contribution in [0.1, 0.15) is 24.8 Å². The fraction of sp³-hybridized carbons (Fsp3) is 0.571. The Hall–Kier alpha value is -0.830. The lowest BCUT2D eigenvalue weighted by Crippen LogP contribution is -2.14. The number of imidazole rings is 1. The second-order valence-corrected chi connectivity index (χ2v) is 2.64. The van der Waals surface area contributed by atoms with E-state index in [0.29, 0.717) is 0 Å². The summed E-state index contributed by atoms with van der Waals surface area (Å²) in [5.74, 6) is 0.825. The van der Waals surface area contributed by atoms with Crippen molar-refractivity contribution in [1.82, 2.24) is 9.55 Å². The van der Waals surface area contributed by atoms with Gasteiger partial charge in [-0.15, -0.1) is 0 Å². The number of aromatic nitrogens is 2. The molecule has 0 spiro atoms. The van der Waals surface area contributed by atoms with E-state index in [2.05, 4.69) is 4.98 Å². The average molecular weight is 138 g/mol. The molecule has 1 N–H and O–H groups in total. The molecule has 3 nitrogen and oxygen atoms in total. The van der Waals surface area contributed by atoms with E-state index in [9.17, 15) is 5.11 Å². The summed E-state index contributed by atoms with van der Waals surface area (Å²) in [7, 11) is 0. The minimum absolute atomic E-state index is 0.330. The first-order valence-electron chi connectivity index (χ1n) is 3.57. The summed E-state index contributed by atoms with van der Waals surface area (Å²) in [5.41, 5.74) is 0. The van der Waals surface area contributed by atoms with Crippen LogP contribution in [-0.4, -0.2) is 14.7 Å². The zero-order valence-electron chi connectivity index (χ0n) is 5.70. The molecule has 54 valence electrons. The zero-order chi connectivity index (χ0) is 6.97. The molecule has 0 aliphatic carbocycles. The number of aryl methyl sites for hydroxylation is 1. The normalized spacial score (nSPS) is 24.3. The number of rotatable bonds is 0. The van der Waals surface area contributed by atoms with Crippen molar-refractivity contribution in [2.45, 2.75) is 25.5 Å². The predicted molar refractivity (Wildman–Crippen MR) is 36.4 cm³/mol. The van der Waals surface area contributed by atoms with Crippen LogP contribution < -0.4 is 0 Å². The Kier molecular flexibility index (Phi) is 1.24. The maximum Gasteiger partial charge on any atom is 0.137 e.